The van der Waals surface area contributed by atoms with E-state index in [0.29, 0.717) is 0 Å². The predicted molar refractivity (Wildman–Crippen MR) is 124 cm³/mol. The van der Waals surface area contributed by atoms with Crippen LogP contribution in [0.25, 0.3) is 33.4 Å². The number of benzene rings is 3. The van der Waals surface area contributed by atoms with Crippen molar-refractivity contribution < 1.29 is 9.21 Å². The van der Waals surface area contributed by atoms with Crippen LogP contribution in [0, 0.1) is 0 Å². The molecule has 0 saturated heterocycles. The summed E-state index contributed by atoms with van der Waals surface area (Å²) in [5.41, 5.74) is 5.96. The van der Waals surface area contributed by atoms with Gasteiger partial charge in [-0.15, -0.1) is 0 Å². The van der Waals surface area contributed by atoms with Crippen LogP contribution in [0.15, 0.2) is 65.1 Å². The quantitative estimate of drug-likeness (QED) is 0.413. The van der Waals surface area contributed by atoms with Gasteiger partial charge in [0.1, 0.15) is 25.4 Å². The van der Waals surface area contributed by atoms with Crippen LogP contribution in [-0.2, 0) is 4.79 Å². The van der Waals surface area contributed by atoms with Crippen molar-refractivity contribution in [2.75, 3.05) is 38.4 Å². The van der Waals surface area contributed by atoms with Crippen molar-refractivity contribution in [3.63, 3.8) is 0 Å². The van der Waals surface area contributed by atoms with Crippen molar-refractivity contribution in [1.29, 1.82) is 0 Å². The minimum Gasteiger partial charge on any atom is -0.456 e. The van der Waals surface area contributed by atoms with E-state index in [0.717, 1.165) is 50.2 Å². The molecule has 0 spiro atoms. The number of hydrogen-bond donors (Lipinski definition) is 1. The monoisotopic (exact) mass is 400 g/mol. The standard InChI is InChI=1S/C25H25N3O2/c1-16(29)26-18-8-6-17(7-9-18)25-21-12-10-19(27(2)3)14-23(21)30-24-15-20(28(4)5)11-13-22(24)25/h6-15H,1-5H3/p+1. The molecule has 5 heteroatoms. The van der Waals surface area contributed by atoms with E-state index in [9.17, 15) is 4.79 Å². The third kappa shape index (κ3) is 3.66. The highest BCUT2D eigenvalue weighted by Gasteiger charge is 2.18. The van der Waals surface area contributed by atoms with Crippen molar-refractivity contribution in [3.8, 4) is 22.5 Å². The molecule has 0 bridgehead atoms. The number of rotatable bonds is 3. The second-order valence-electron chi connectivity index (χ2n) is 7.89. The van der Waals surface area contributed by atoms with Crippen LogP contribution >= 0.6 is 0 Å². The molecule has 0 aromatic heterocycles. The van der Waals surface area contributed by atoms with E-state index in [1.807, 2.05) is 52.5 Å². The van der Waals surface area contributed by atoms with Crippen molar-refractivity contribution in [2.24, 2.45) is 0 Å². The van der Waals surface area contributed by atoms with E-state index >= 15 is 0 Å². The summed E-state index contributed by atoms with van der Waals surface area (Å²) in [6, 6.07) is 20.5. The lowest BCUT2D eigenvalue weighted by Crippen LogP contribution is -2.21. The normalized spacial score (nSPS) is 11.0. The zero-order valence-electron chi connectivity index (χ0n) is 18.0. The molecule has 30 heavy (non-hydrogen) atoms. The SMILES string of the molecule is CC(=O)Nc1ccc(-c2c3ccc(=[N+](C)C)cc-3oc3cc(N(C)C)ccc23)cc1. The molecule has 2 aliphatic rings. The van der Waals surface area contributed by atoms with Crippen LogP contribution < -0.4 is 20.1 Å². The first kappa shape index (κ1) is 19.7. The lowest BCUT2D eigenvalue weighted by molar-refractivity contribution is -0.114. The molecular weight excluding hydrogens is 374 g/mol. The highest BCUT2D eigenvalue weighted by molar-refractivity contribution is 6.03. The maximum absolute atomic E-state index is 11.4. The number of amides is 1. The highest BCUT2D eigenvalue weighted by Crippen LogP contribution is 2.40. The fraction of sp³-hybridized carbons (Fsp3) is 0.200. The third-order valence-electron chi connectivity index (χ3n) is 5.22. The Bertz CT molecular complexity index is 1280. The second kappa shape index (κ2) is 7.67. The van der Waals surface area contributed by atoms with Gasteiger partial charge in [-0.2, -0.15) is 0 Å². The number of anilines is 2. The Hall–Kier alpha value is -3.60. The number of nitrogens with one attached hydrogen (secondary N) is 1. The van der Waals surface area contributed by atoms with Gasteiger partial charge in [-0.3, -0.25) is 4.79 Å². The summed E-state index contributed by atoms with van der Waals surface area (Å²) >= 11 is 0. The summed E-state index contributed by atoms with van der Waals surface area (Å²) in [5, 5.41) is 4.97. The summed E-state index contributed by atoms with van der Waals surface area (Å²) < 4.78 is 8.42. The molecule has 2 aromatic rings. The Labute approximate surface area is 176 Å². The minimum absolute atomic E-state index is 0.0791. The molecule has 1 aliphatic heterocycles. The minimum atomic E-state index is -0.0791. The molecule has 0 unspecified atom stereocenters. The first-order valence-corrected chi connectivity index (χ1v) is 9.90. The number of nitrogens with zero attached hydrogens (tertiary/aromatic N) is 2. The summed E-state index contributed by atoms with van der Waals surface area (Å²) in [6.45, 7) is 1.51. The fourth-order valence-electron chi connectivity index (χ4n) is 3.66. The van der Waals surface area contributed by atoms with Gasteiger partial charge in [0.2, 0.25) is 11.3 Å². The number of fused-ring (bicyclic) bond motifs is 2. The van der Waals surface area contributed by atoms with Gasteiger partial charge in [-0.25, -0.2) is 4.58 Å². The molecule has 1 amide bonds. The van der Waals surface area contributed by atoms with E-state index in [2.05, 4.69) is 51.2 Å². The van der Waals surface area contributed by atoms with Gasteiger partial charge in [0.25, 0.3) is 0 Å². The zero-order chi connectivity index (χ0) is 21.4. The van der Waals surface area contributed by atoms with E-state index in [-0.39, 0.29) is 5.91 Å². The first-order chi connectivity index (χ1) is 14.3. The zero-order valence-corrected chi connectivity index (χ0v) is 18.0. The van der Waals surface area contributed by atoms with Gasteiger partial charge < -0.3 is 14.6 Å². The van der Waals surface area contributed by atoms with Crippen LogP contribution in [0.4, 0.5) is 11.4 Å². The summed E-state index contributed by atoms with van der Waals surface area (Å²) in [4.78, 5) is 13.4. The smallest absolute Gasteiger partial charge is 0.221 e. The predicted octanol–water partition coefficient (Wildman–Crippen LogP) is 4.26. The molecule has 152 valence electrons. The molecule has 0 fully saturated rings. The van der Waals surface area contributed by atoms with Gasteiger partial charge in [0.05, 0.1) is 6.07 Å². The Morgan fingerprint density at radius 1 is 0.967 bits per heavy atom. The average Bonchev–Trinajstić information content (AvgIpc) is 2.71. The number of hydrogen-bond acceptors (Lipinski definition) is 3. The van der Waals surface area contributed by atoms with Crippen LogP contribution in [0.1, 0.15) is 6.92 Å². The lowest BCUT2D eigenvalue weighted by Gasteiger charge is -2.18. The molecule has 5 nitrogen and oxygen atoms in total. The van der Waals surface area contributed by atoms with Gasteiger partial charge in [-0.1, -0.05) is 12.1 Å². The molecule has 1 aliphatic carbocycles. The van der Waals surface area contributed by atoms with Crippen LogP contribution in [0.5, 0.6) is 0 Å². The first-order valence-electron chi connectivity index (χ1n) is 9.90. The molecule has 0 saturated carbocycles. The van der Waals surface area contributed by atoms with Gasteiger partial charge >= 0.3 is 0 Å². The molecule has 1 heterocycles. The van der Waals surface area contributed by atoms with E-state index in [1.54, 1.807) is 0 Å². The highest BCUT2D eigenvalue weighted by atomic mass is 16.3. The van der Waals surface area contributed by atoms with Gasteiger partial charge in [0, 0.05) is 61.0 Å². The second-order valence-corrected chi connectivity index (χ2v) is 7.89. The number of carbonyl (C=O) groups excluding carboxylic acids is 1. The fourth-order valence-corrected chi connectivity index (χ4v) is 3.66. The summed E-state index contributed by atoms with van der Waals surface area (Å²) in [7, 11) is 8.09. The van der Waals surface area contributed by atoms with Gasteiger partial charge in [0.15, 0.2) is 0 Å². The largest absolute Gasteiger partial charge is 0.456 e. The Balaban J connectivity index is 2.02. The van der Waals surface area contributed by atoms with Crippen molar-refractivity contribution in [3.05, 3.63) is 66.0 Å². The van der Waals surface area contributed by atoms with E-state index < -0.39 is 0 Å². The lowest BCUT2D eigenvalue weighted by atomic mass is 9.93. The van der Waals surface area contributed by atoms with E-state index in [4.69, 9.17) is 4.42 Å². The third-order valence-corrected chi connectivity index (χ3v) is 5.22. The molecular formula is C25H26N3O2+. The molecule has 0 atom stereocenters. The Morgan fingerprint density at radius 3 is 2.33 bits per heavy atom. The Morgan fingerprint density at radius 2 is 1.70 bits per heavy atom. The van der Waals surface area contributed by atoms with Crippen molar-refractivity contribution >= 4 is 28.3 Å². The molecule has 1 N–H and O–H groups in total. The topological polar surface area (TPSA) is 48.5 Å². The van der Waals surface area contributed by atoms with Crippen molar-refractivity contribution in [2.45, 2.75) is 6.92 Å². The molecule has 4 rings (SSSR count). The average molecular weight is 401 g/mol. The Kier molecular flexibility index (Phi) is 5.04. The van der Waals surface area contributed by atoms with Crippen molar-refractivity contribution in [1.82, 2.24) is 4.58 Å². The summed E-state index contributed by atoms with van der Waals surface area (Å²) in [5.74, 6) is 0.759. The van der Waals surface area contributed by atoms with Crippen LogP contribution in [0.2, 0.25) is 0 Å². The van der Waals surface area contributed by atoms with Crippen LogP contribution in [0.3, 0.4) is 0 Å². The van der Waals surface area contributed by atoms with Gasteiger partial charge in [-0.05, 0) is 35.9 Å². The molecule has 0 radical (unpaired) electrons. The van der Waals surface area contributed by atoms with Crippen LogP contribution in [-0.4, -0.2) is 34.1 Å². The molecule has 2 aromatic carbocycles. The number of carbonyl (C=O) groups is 1. The maximum atomic E-state index is 11.4. The summed E-state index contributed by atoms with van der Waals surface area (Å²) in [6.07, 6.45) is 0. The maximum Gasteiger partial charge on any atom is 0.221 e. The van der Waals surface area contributed by atoms with E-state index in [1.165, 1.54) is 6.92 Å².